The van der Waals surface area contributed by atoms with E-state index in [1.54, 1.807) is 17.1 Å². The van der Waals surface area contributed by atoms with Gasteiger partial charge in [-0.05, 0) is 13.8 Å². The minimum absolute atomic E-state index is 0.128. The maximum atomic E-state index is 11.3. The van der Waals surface area contributed by atoms with Crippen molar-refractivity contribution in [1.29, 1.82) is 0 Å². The number of carbonyl (C=O) groups excluding carboxylic acids is 2. The molecule has 2 heterocycles. The molecule has 1 aliphatic heterocycles. The number of aromatic nitrogens is 2. The van der Waals surface area contributed by atoms with Gasteiger partial charge in [-0.25, -0.2) is 0 Å². The minimum atomic E-state index is -0.469. The molecule has 0 radical (unpaired) electrons. The monoisotopic (exact) mass is 208 g/mol. The van der Waals surface area contributed by atoms with E-state index >= 15 is 0 Å². The van der Waals surface area contributed by atoms with E-state index in [0.717, 1.165) is 5.56 Å². The summed E-state index contributed by atoms with van der Waals surface area (Å²) in [6, 6.07) is 0.242. The molecule has 1 aromatic rings. The van der Waals surface area contributed by atoms with Crippen LogP contribution >= 0.6 is 0 Å². The van der Waals surface area contributed by atoms with Crippen LogP contribution in [0.4, 0.5) is 0 Å². The predicted octanol–water partition coefficient (Wildman–Crippen LogP) is 1.02. The first-order valence-electron chi connectivity index (χ1n) is 4.86. The first-order valence-corrected chi connectivity index (χ1v) is 4.86. The number of hydrogen-bond acceptors (Lipinski definition) is 4. The Bertz CT molecular complexity index is 409. The summed E-state index contributed by atoms with van der Waals surface area (Å²) in [6.45, 7) is 3.99. The van der Waals surface area contributed by atoms with Crippen molar-refractivity contribution in [2.75, 3.05) is 0 Å². The maximum Gasteiger partial charge on any atom is 0.321 e. The fourth-order valence-electron chi connectivity index (χ4n) is 1.54. The van der Waals surface area contributed by atoms with Gasteiger partial charge in [0.05, 0.1) is 18.5 Å². The van der Waals surface area contributed by atoms with Crippen LogP contribution < -0.4 is 0 Å². The van der Waals surface area contributed by atoms with E-state index in [0.29, 0.717) is 0 Å². The Hall–Kier alpha value is -1.65. The average molecular weight is 208 g/mol. The highest BCUT2D eigenvalue weighted by Crippen LogP contribution is 2.27. The molecule has 0 bridgehead atoms. The van der Waals surface area contributed by atoms with E-state index in [1.807, 2.05) is 13.8 Å². The standard InChI is InChI=1S/C10H12N2O3/c1-6(2)12-5-7(4-11-12)8-3-9(13)15-10(8)14/h4-6,8H,3H2,1-2H3. The van der Waals surface area contributed by atoms with Gasteiger partial charge >= 0.3 is 11.9 Å². The Morgan fingerprint density at radius 1 is 1.53 bits per heavy atom. The Balaban J connectivity index is 2.23. The molecule has 1 aliphatic rings. The van der Waals surface area contributed by atoms with Crippen molar-refractivity contribution in [1.82, 2.24) is 9.78 Å². The van der Waals surface area contributed by atoms with Crippen LogP contribution in [-0.4, -0.2) is 21.7 Å². The zero-order chi connectivity index (χ0) is 11.0. The SMILES string of the molecule is CC(C)n1cc(C2CC(=O)OC2=O)cn1. The topological polar surface area (TPSA) is 61.2 Å². The summed E-state index contributed by atoms with van der Waals surface area (Å²) in [5.74, 6) is -1.39. The predicted molar refractivity (Wildman–Crippen MR) is 51.1 cm³/mol. The lowest BCUT2D eigenvalue weighted by Crippen LogP contribution is -2.05. The zero-order valence-electron chi connectivity index (χ0n) is 8.64. The van der Waals surface area contributed by atoms with Gasteiger partial charge in [-0.1, -0.05) is 0 Å². The second-order valence-electron chi connectivity index (χ2n) is 3.90. The lowest BCUT2D eigenvalue weighted by Gasteiger charge is -2.03. The number of ether oxygens (including phenoxy) is 1. The highest BCUT2D eigenvalue weighted by molar-refractivity contribution is 5.97. The first-order chi connectivity index (χ1) is 7.08. The summed E-state index contributed by atoms with van der Waals surface area (Å²) in [4.78, 5) is 22.2. The normalized spacial score (nSPS) is 21.1. The molecule has 1 atom stereocenters. The van der Waals surface area contributed by atoms with E-state index in [9.17, 15) is 9.59 Å². The molecule has 15 heavy (non-hydrogen) atoms. The third-order valence-electron chi connectivity index (χ3n) is 2.42. The van der Waals surface area contributed by atoms with Crippen molar-refractivity contribution in [2.45, 2.75) is 32.2 Å². The van der Waals surface area contributed by atoms with Crippen molar-refractivity contribution in [3.63, 3.8) is 0 Å². The van der Waals surface area contributed by atoms with E-state index in [2.05, 4.69) is 9.84 Å². The second-order valence-corrected chi connectivity index (χ2v) is 3.90. The fraction of sp³-hybridized carbons (Fsp3) is 0.500. The van der Waals surface area contributed by atoms with Crippen molar-refractivity contribution in [3.05, 3.63) is 18.0 Å². The minimum Gasteiger partial charge on any atom is -0.393 e. The molecule has 5 nitrogen and oxygen atoms in total. The van der Waals surface area contributed by atoms with E-state index in [4.69, 9.17) is 0 Å². The molecule has 80 valence electrons. The lowest BCUT2D eigenvalue weighted by molar-refractivity contribution is -0.152. The van der Waals surface area contributed by atoms with E-state index < -0.39 is 17.9 Å². The Morgan fingerprint density at radius 2 is 2.27 bits per heavy atom. The number of hydrogen-bond donors (Lipinski definition) is 0. The van der Waals surface area contributed by atoms with E-state index in [1.165, 1.54) is 0 Å². The Labute approximate surface area is 87.0 Å². The van der Waals surface area contributed by atoms with Crippen molar-refractivity contribution in [2.24, 2.45) is 0 Å². The van der Waals surface area contributed by atoms with Gasteiger partial charge in [-0.3, -0.25) is 14.3 Å². The van der Waals surface area contributed by atoms with Gasteiger partial charge in [0, 0.05) is 17.8 Å². The second kappa shape index (κ2) is 3.49. The number of nitrogens with zero attached hydrogens (tertiary/aromatic N) is 2. The van der Waals surface area contributed by atoms with Gasteiger partial charge in [0.1, 0.15) is 0 Å². The molecule has 1 unspecified atom stereocenters. The van der Waals surface area contributed by atoms with Crippen LogP contribution in [-0.2, 0) is 14.3 Å². The van der Waals surface area contributed by atoms with Crippen LogP contribution in [0.3, 0.4) is 0 Å². The van der Waals surface area contributed by atoms with Gasteiger partial charge in [0.2, 0.25) is 0 Å². The molecule has 0 aromatic carbocycles. The third kappa shape index (κ3) is 1.77. The van der Waals surface area contributed by atoms with Gasteiger partial charge < -0.3 is 4.74 Å². The van der Waals surface area contributed by atoms with Gasteiger partial charge in [0.15, 0.2) is 0 Å². The lowest BCUT2D eigenvalue weighted by atomic mass is 10.0. The summed E-state index contributed by atoms with van der Waals surface area (Å²) in [6.07, 6.45) is 3.53. The smallest absolute Gasteiger partial charge is 0.321 e. The summed E-state index contributed by atoms with van der Waals surface area (Å²) >= 11 is 0. The van der Waals surface area contributed by atoms with Crippen molar-refractivity contribution >= 4 is 11.9 Å². The van der Waals surface area contributed by atoms with E-state index in [-0.39, 0.29) is 12.5 Å². The highest BCUT2D eigenvalue weighted by atomic mass is 16.6. The average Bonchev–Trinajstić information content (AvgIpc) is 2.71. The van der Waals surface area contributed by atoms with Gasteiger partial charge in [-0.2, -0.15) is 5.10 Å². The van der Waals surface area contributed by atoms with Gasteiger partial charge in [-0.15, -0.1) is 0 Å². The van der Waals surface area contributed by atoms with Gasteiger partial charge in [0.25, 0.3) is 0 Å². The number of carbonyl (C=O) groups is 2. The molecule has 5 heteroatoms. The van der Waals surface area contributed by atoms with Crippen molar-refractivity contribution in [3.8, 4) is 0 Å². The molecule has 0 N–H and O–H groups in total. The molecule has 0 spiro atoms. The molecule has 1 saturated heterocycles. The zero-order valence-corrected chi connectivity index (χ0v) is 8.64. The van der Waals surface area contributed by atoms with Crippen LogP contribution in [0.1, 0.15) is 37.8 Å². The molecule has 1 aromatic heterocycles. The maximum absolute atomic E-state index is 11.3. The molecule has 0 saturated carbocycles. The van der Waals surface area contributed by atoms with Crippen LogP contribution in [0.15, 0.2) is 12.4 Å². The first kappa shape index (κ1) is 9.89. The highest BCUT2D eigenvalue weighted by Gasteiger charge is 2.35. The number of cyclic esters (lactones) is 2. The van der Waals surface area contributed by atoms with Crippen molar-refractivity contribution < 1.29 is 14.3 Å². The number of esters is 2. The molecule has 2 rings (SSSR count). The molecule has 0 amide bonds. The number of rotatable bonds is 2. The summed E-state index contributed by atoms with van der Waals surface area (Å²) in [5, 5.41) is 4.12. The molecular formula is C10H12N2O3. The Kier molecular flexibility index (Phi) is 2.30. The van der Waals surface area contributed by atoms with Crippen LogP contribution in [0.2, 0.25) is 0 Å². The fourth-order valence-corrected chi connectivity index (χ4v) is 1.54. The molecular weight excluding hydrogens is 196 g/mol. The van der Waals surface area contributed by atoms with Crippen LogP contribution in [0.25, 0.3) is 0 Å². The quantitative estimate of drug-likeness (QED) is 0.537. The third-order valence-corrected chi connectivity index (χ3v) is 2.42. The summed E-state index contributed by atoms with van der Waals surface area (Å²) in [5.41, 5.74) is 0.750. The Morgan fingerprint density at radius 3 is 2.73 bits per heavy atom. The summed E-state index contributed by atoms with van der Waals surface area (Å²) in [7, 11) is 0. The van der Waals surface area contributed by atoms with Crippen LogP contribution in [0, 0.1) is 0 Å². The largest absolute Gasteiger partial charge is 0.393 e. The molecule has 0 aliphatic carbocycles. The summed E-state index contributed by atoms with van der Waals surface area (Å²) < 4.78 is 6.24. The molecule has 1 fully saturated rings. The van der Waals surface area contributed by atoms with Crippen LogP contribution in [0.5, 0.6) is 0 Å².